The van der Waals surface area contributed by atoms with Gasteiger partial charge in [0.15, 0.2) is 11.5 Å². The maximum Gasteiger partial charge on any atom is 0.203 e. The summed E-state index contributed by atoms with van der Waals surface area (Å²) in [6, 6.07) is 9.29. The van der Waals surface area contributed by atoms with Crippen LogP contribution in [-0.2, 0) is 0 Å². The van der Waals surface area contributed by atoms with Gasteiger partial charge in [-0.05, 0) is 36.2 Å². The highest BCUT2D eigenvalue weighted by atomic mass is 16.5. The maximum absolute atomic E-state index is 10.9. The van der Waals surface area contributed by atoms with Crippen molar-refractivity contribution in [1.82, 2.24) is 0 Å². The normalized spacial score (nSPS) is 10.1. The number of ether oxygens (including phenoxy) is 3. The molecule has 0 atom stereocenters. The van der Waals surface area contributed by atoms with Crippen LogP contribution in [0.1, 0.15) is 15.9 Å². The Morgan fingerprint density at radius 1 is 0.857 bits per heavy atom. The molecule has 21 heavy (non-hydrogen) atoms. The van der Waals surface area contributed by atoms with E-state index in [1.165, 1.54) is 0 Å². The number of hydrogen-bond acceptors (Lipinski definition) is 4. The Morgan fingerprint density at radius 2 is 1.52 bits per heavy atom. The minimum Gasteiger partial charge on any atom is -0.493 e. The molecule has 0 unspecified atom stereocenters. The number of rotatable bonds is 5. The second-order valence-electron chi connectivity index (χ2n) is 4.57. The average molecular weight is 286 g/mol. The zero-order valence-electron chi connectivity index (χ0n) is 12.6. The van der Waals surface area contributed by atoms with Crippen molar-refractivity contribution in [2.24, 2.45) is 0 Å². The van der Waals surface area contributed by atoms with Crippen LogP contribution in [0.15, 0.2) is 30.3 Å². The summed E-state index contributed by atoms with van der Waals surface area (Å²) >= 11 is 0. The second-order valence-corrected chi connectivity index (χ2v) is 4.57. The standard InChI is InChI=1S/C17H18O4/c1-11-9-12(10-18)5-6-13(11)14-7-8-15(19-2)17(21-4)16(14)20-3/h5-10H,1-4H3. The highest BCUT2D eigenvalue weighted by Crippen LogP contribution is 2.44. The van der Waals surface area contributed by atoms with Gasteiger partial charge in [-0.3, -0.25) is 4.79 Å². The first-order chi connectivity index (χ1) is 10.2. The third-order valence-corrected chi connectivity index (χ3v) is 3.38. The molecule has 4 nitrogen and oxygen atoms in total. The van der Waals surface area contributed by atoms with Crippen molar-refractivity contribution in [2.75, 3.05) is 21.3 Å². The minimum atomic E-state index is 0.552. The fraction of sp³-hybridized carbons (Fsp3) is 0.235. The lowest BCUT2D eigenvalue weighted by molar-refractivity contribution is 0.112. The first-order valence-corrected chi connectivity index (χ1v) is 6.51. The molecular formula is C17H18O4. The van der Waals surface area contributed by atoms with Crippen molar-refractivity contribution in [1.29, 1.82) is 0 Å². The van der Waals surface area contributed by atoms with Gasteiger partial charge in [-0.1, -0.05) is 12.1 Å². The van der Waals surface area contributed by atoms with Crippen LogP contribution in [0, 0.1) is 6.92 Å². The van der Waals surface area contributed by atoms with Crippen molar-refractivity contribution >= 4 is 6.29 Å². The van der Waals surface area contributed by atoms with Crippen LogP contribution in [-0.4, -0.2) is 27.6 Å². The van der Waals surface area contributed by atoms with Crippen molar-refractivity contribution in [3.05, 3.63) is 41.5 Å². The summed E-state index contributed by atoms with van der Waals surface area (Å²) < 4.78 is 16.2. The van der Waals surface area contributed by atoms with E-state index in [0.717, 1.165) is 23.0 Å². The molecule has 0 heterocycles. The molecule has 0 N–H and O–H groups in total. The summed E-state index contributed by atoms with van der Waals surface area (Å²) in [5.41, 5.74) is 3.52. The molecule has 0 spiro atoms. The van der Waals surface area contributed by atoms with Gasteiger partial charge in [0.1, 0.15) is 6.29 Å². The van der Waals surface area contributed by atoms with Crippen LogP contribution in [0.4, 0.5) is 0 Å². The minimum absolute atomic E-state index is 0.552. The predicted molar refractivity (Wildman–Crippen MR) is 81.7 cm³/mol. The molecular weight excluding hydrogens is 268 g/mol. The molecule has 0 fully saturated rings. The molecule has 0 saturated carbocycles. The van der Waals surface area contributed by atoms with Crippen molar-refractivity contribution in [3.63, 3.8) is 0 Å². The summed E-state index contributed by atoms with van der Waals surface area (Å²) in [5, 5.41) is 0. The third kappa shape index (κ3) is 2.70. The Hall–Kier alpha value is -2.49. The number of methoxy groups -OCH3 is 3. The highest BCUT2D eigenvalue weighted by Gasteiger charge is 2.18. The molecule has 0 saturated heterocycles. The first-order valence-electron chi connectivity index (χ1n) is 6.51. The summed E-state index contributed by atoms with van der Waals surface area (Å²) in [5.74, 6) is 1.77. The number of carbonyl (C=O) groups excluding carboxylic acids is 1. The van der Waals surface area contributed by atoms with E-state index in [1.807, 2.05) is 31.2 Å². The molecule has 110 valence electrons. The van der Waals surface area contributed by atoms with Crippen molar-refractivity contribution in [3.8, 4) is 28.4 Å². The number of hydrogen-bond donors (Lipinski definition) is 0. The van der Waals surface area contributed by atoms with Crippen LogP contribution in [0.5, 0.6) is 17.2 Å². The fourth-order valence-corrected chi connectivity index (χ4v) is 2.38. The monoisotopic (exact) mass is 286 g/mol. The van der Waals surface area contributed by atoms with Gasteiger partial charge in [-0.15, -0.1) is 0 Å². The van der Waals surface area contributed by atoms with Gasteiger partial charge >= 0.3 is 0 Å². The van der Waals surface area contributed by atoms with Crippen molar-refractivity contribution < 1.29 is 19.0 Å². The Kier molecular flexibility index (Phi) is 4.48. The summed E-state index contributed by atoms with van der Waals surface area (Å²) in [4.78, 5) is 10.9. The Labute approximate surface area is 124 Å². The van der Waals surface area contributed by atoms with Gasteiger partial charge in [0.2, 0.25) is 5.75 Å². The highest BCUT2D eigenvalue weighted by molar-refractivity contribution is 5.82. The lowest BCUT2D eigenvalue weighted by atomic mass is 9.97. The van der Waals surface area contributed by atoms with Crippen molar-refractivity contribution in [2.45, 2.75) is 6.92 Å². The van der Waals surface area contributed by atoms with E-state index in [9.17, 15) is 4.79 Å². The largest absolute Gasteiger partial charge is 0.493 e. The maximum atomic E-state index is 10.9. The van der Waals surface area contributed by atoms with E-state index in [2.05, 4.69) is 0 Å². The molecule has 0 radical (unpaired) electrons. The molecule has 2 aromatic carbocycles. The summed E-state index contributed by atoms with van der Waals surface area (Å²) in [7, 11) is 4.75. The lowest BCUT2D eigenvalue weighted by Crippen LogP contribution is -1.97. The lowest BCUT2D eigenvalue weighted by Gasteiger charge is -2.17. The van der Waals surface area contributed by atoms with E-state index in [1.54, 1.807) is 27.4 Å². The summed E-state index contributed by atoms with van der Waals surface area (Å²) in [6.07, 6.45) is 0.836. The molecule has 0 aromatic heterocycles. The van der Waals surface area contributed by atoms with Crippen LogP contribution in [0.2, 0.25) is 0 Å². The van der Waals surface area contributed by atoms with Gasteiger partial charge in [0.05, 0.1) is 21.3 Å². The zero-order valence-corrected chi connectivity index (χ0v) is 12.6. The van der Waals surface area contributed by atoms with Gasteiger partial charge < -0.3 is 14.2 Å². The van der Waals surface area contributed by atoms with E-state index in [-0.39, 0.29) is 0 Å². The van der Waals surface area contributed by atoms with Gasteiger partial charge in [0, 0.05) is 11.1 Å². The molecule has 0 aliphatic rings. The number of aryl methyl sites for hydroxylation is 1. The molecule has 0 aliphatic heterocycles. The first kappa shape index (κ1) is 14.9. The van der Waals surface area contributed by atoms with E-state index in [0.29, 0.717) is 22.8 Å². The Bertz CT molecular complexity index is 662. The Morgan fingerprint density at radius 3 is 2.05 bits per heavy atom. The molecule has 2 rings (SSSR count). The van der Waals surface area contributed by atoms with E-state index in [4.69, 9.17) is 14.2 Å². The molecule has 0 amide bonds. The van der Waals surface area contributed by atoms with Gasteiger partial charge in [-0.25, -0.2) is 0 Å². The zero-order chi connectivity index (χ0) is 15.4. The third-order valence-electron chi connectivity index (χ3n) is 3.38. The molecule has 0 aliphatic carbocycles. The fourth-order valence-electron chi connectivity index (χ4n) is 2.38. The average Bonchev–Trinajstić information content (AvgIpc) is 2.53. The van der Waals surface area contributed by atoms with Crippen LogP contribution in [0.25, 0.3) is 11.1 Å². The SMILES string of the molecule is COc1ccc(-c2ccc(C=O)cc2C)c(OC)c1OC. The van der Waals surface area contributed by atoms with Crippen LogP contribution >= 0.6 is 0 Å². The van der Waals surface area contributed by atoms with Crippen LogP contribution < -0.4 is 14.2 Å². The quantitative estimate of drug-likeness (QED) is 0.789. The molecule has 2 aromatic rings. The molecule has 0 bridgehead atoms. The second kappa shape index (κ2) is 6.31. The van der Waals surface area contributed by atoms with Crippen LogP contribution in [0.3, 0.4) is 0 Å². The van der Waals surface area contributed by atoms with E-state index >= 15 is 0 Å². The van der Waals surface area contributed by atoms with Gasteiger partial charge in [-0.2, -0.15) is 0 Å². The number of aldehydes is 1. The van der Waals surface area contributed by atoms with Gasteiger partial charge in [0.25, 0.3) is 0 Å². The summed E-state index contributed by atoms with van der Waals surface area (Å²) in [6.45, 7) is 1.96. The number of benzene rings is 2. The topological polar surface area (TPSA) is 44.8 Å². The smallest absolute Gasteiger partial charge is 0.203 e. The number of carbonyl (C=O) groups is 1. The van der Waals surface area contributed by atoms with E-state index < -0.39 is 0 Å². The Balaban J connectivity index is 2.66. The predicted octanol–water partition coefficient (Wildman–Crippen LogP) is 3.50. The molecule has 4 heteroatoms.